The zero-order valence-electron chi connectivity index (χ0n) is 15.4. The molecule has 2 heterocycles. The van der Waals surface area contributed by atoms with Gasteiger partial charge in [-0.25, -0.2) is 4.79 Å². The monoisotopic (exact) mass is 390 g/mol. The summed E-state index contributed by atoms with van der Waals surface area (Å²) in [6, 6.07) is 9.73. The molecule has 2 bridgehead atoms. The molecule has 2 fully saturated rings. The number of carboxylic acid groups (broad SMARTS) is 1. The number of carbonyl (C=O) groups is 3. The first-order chi connectivity index (χ1) is 14.0. The number of furan rings is 1. The van der Waals surface area contributed by atoms with Gasteiger partial charge in [0.2, 0.25) is 0 Å². The maximum absolute atomic E-state index is 12.8. The van der Waals surface area contributed by atoms with Crippen LogP contribution in [0.1, 0.15) is 29.0 Å². The number of allylic oxidation sites excluding steroid dienone is 2. The third kappa shape index (κ3) is 2.81. The van der Waals surface area contributed by atoms with Crippen molar-refractivity contribution in [2.45, 2.75) is 12.8 Å². The van der Waals surface area contributed by atoms with Crippen molar-refractivity contribution in [1.82, 2.24) is 5.01 Å². The Labute approximate surface area is 166 Å². The number of carbonyl (C=O) groups excluding carboxylic acids is 2. The van der Waals surface area contributed by atoms with Crippen LogP contribution in [0.25, 0.3) is 11.3 Å². The molecular formula is C22H18N2O5. The highest BCUT2D eigenvalue weighted by Crippen LogP contribution is 2.49. The average molecular weight is 390 g/mol. The van der Waals surface area contributed by atoms with Crippen molar-refractivity contribution >= 4 is 24.0 Å². The van der Waals surface area contributed by atoms with Crippen molar-refractivity contribution in [2.24, 2.45) is 28.8 Å². The molecule has 7 nitrogen and oxygen atoms in total. The molecule has 7 heteroatoms. The second-order valence-electron chi connectivity index (χ2n) is 7.66. The average Bonchev–Trinajstić information content (AvgIpc) is 3.32. The number of aromatic carboxylic acids is 1. The SMILES string of the molecule is O=C(O)c1ccc(-c2ccc(/C=N\N3C(=O)[C@@H]4[C@H](C3=O)[C@@H]3C=C[C@H]4CC3)o2)cc1. The number of benzene rings is 1. The molecule has 0 radical (unpaired) electrons. The summed E-state index contributed by atoms with van der Waals surface area (Å²) in [6.45, 7) is 0. The van der Waals surface area contributed by atoms with E-state index in [2.05, 4.69) is 17.3 Å². The van der Waals surface area contributed by atoms with Crippen molar-refractivity contribution in [3.05, 3.63) is 59.9 Å². The standard InChI is InChI=1S/C22H18N2O5/c25-20-18-13-3-4-14(6-5-13)19(18)21(26)24(20)23-11-16-9-10-17(29-16)12-1-7-15(8-2-12)22(27)28/h1-4,7-11,13-14,18-19H,5-6H2,(H,27,28)/b23-11-/t13-,14+,18-,19+. The predicted octanol–water partition coefficient (Wildman–Crippen LogP) is 3.18. The normalized spacial score (nSPS) is 27.8. The Balaban J connectivity index is 1.34. The van der Waals surface area contributed by atoms with E-state index in [0.717, 1.165) is 23.4 Å². The zero-order chi connectivity index (χ0) is 20.1. The maximum atomic E-state index is 12.8. The number of nitrogens with zero attached hydrogens (tertiary/aromatic N) is 2. The molecule has 0 spiro atoms. The van der Waals surface area contributed by atoms with Gasteiger partial charge < -0.3 is 9.52 Å². The zero-order valence-corrected chi connectivity index (χ0v) is 15.4. The lowest BCUT2D eigenvalue weighted by Crippen LogP contribution is -2.38. The fourth-order valence-corrected chi connectivity index (χ4v) is 4.64. The van der Waals surface area contributed by atoms with E-state index >= 15 is 0 Å². The smallest absolute Gasteiger partial charge is 0.335 e. The summed E-state index contributed by atoms with van der Waals surface area (Å²) in [5, 5.41) is 14.1. The quantitative estimate of drug-likeness (QED) is 0.491. The summed E-state index contributed by atoms with van der Waals surface area (Å²) >= 11 is 0. The molecule has 2 amide bonds. The molecule has 4 aliphatic rings. The molecule has 146 valence electrons. The van der Waals surface area contributed by atoms with Gasteiger partial charge in [-0.3, -0.25) is 9.59 Å². The summed E-state index contributed by atoms with van der Waals surface area (Å²) < 4.78 is 5.72. The summed E-state index contributed by atoms with van der Waals surface area (Å²) in [6.07, 6.45) is 7.41. The van der Waals surface area contributed by atoms with Gasteiger partial charge in [0, 0.05) is 5.56 Å². The Morgan fingerprint density at radius 2 is 1.62 bits per heavy atom. The third-order valence-electron chi connectivity index (χ3n) is 6.08. The second kappa shape index (κ2) is 6.55. The number of amides is 2. The molecule has 2 aromatic rings. The van der Waals surface area contributed by atoms with E-state index < -0.39 is 5.97 Å². The van der Waals surface area contributed by atoms with Crippen molar-refractivity contribution in [3.63, 3.8) is 0 Å². The van der Waals surface area contributed by atoms with Crippen LogP contribution < -0.4 is 0 Å². The molecule has 1 saturated heterocycles. The third-order valence-corrected chi connectivity index (χ3v) is 6.08. The predicted molar refractivity (Wildman–Crippen MR) is 103 cm³/mol. The van der Waals surface area contributed by atoms with E-state index in [9.17, 15) is 14.4 Å². The minimum atomic E-state index is -0.993. The van der Waals surface area contributed by atoms with Crippen LogP contribution in [0.2, 0.25) is 0 Å². The number of hydrogen-bond donors (Lipinski definition) is 1. The number of rotatable bonds is 4. The Morgan fingerprint density at radius 3 is 2.17 bits per heavy atom. The van der Waals surface area contributed by atoms with Gasteiger partial charge in [0.15, 0.2) is 0 Å². The highest BCUT2D eigenvalue weighted by molar-refractivity contribution is 6.06. The van der Waals surface area contributed by atoms with E-state index in [0.29, 0.717) is 11.5 Å². The molecule has 3 aliphatic carbocycles. The molecule has 1 aromatic heterocycles. The van der Waals surface area contributed by atoms with Crippen molar-refractivity contribution in [2.75, 3.05) is 0 Å². The van der Waals surface area contributed by atoms with Crippen molar-refractivity contribution < 1.29 is 23.9 Å². The van der Waals surface area contributed by atoms with E-state index in [4.69, 9.17) is 9.52 Å². The summed E-state index contributed by atoms with van der Waals surface area (Å²) in [4.78, 5) is 36.5. The molecule has 4 atom stereocenters. The second-order valence-corrected chi connectivity index (χ2v) is 7.66. The van der Waals surface area contributed by atoms with E-state index in [-0.39, 0.29) is 41.0 Å². The van der Waals surface area contributed by atoms with Gasteiger partial charge in [-0.1, -0.05) is 24.3 Å². The lowest BCUT2D eigenvalue weighted by Gasteiger charge is -2.37. The van der Waals surface area contributed by atoms with E-state index in [1.165, 1.54) is 18.3 Å². The molecule has 29 heavy (non-hydrogen) atoms. The van der Waals surface area contributed by atoms with Crippen LogP contribution >= 0.6 is 0 Å². The molecule has 0 unspecified atom stereocenters. The van der Waals surface area contributed by atoms with E-state index in [1.807, 2.05) is 0 Å². The summed E-state index contributed by atoms with van der Waals surface area (Å²) in [5.74, 6) is -0.828. The molecule has 1 aromatic carbocycles. The Kier molecular flexibility index (Phi) is 3.97. The molecule has 1 saturated carbocycles. The van der Waals surface area contributed by atoms with Crippen LogP contribution in [0.4, 0.5) is 0 Å². The number of imide groups is 1. The lowest BCUT2D eigenvalue weighted by atomic mass is 9.63. The van der Waals surface area contributed by atoms with Gasteiger partial charge in [-0.15, -0.1) is 0 Å². The fraction of sp³-hybridized carbons (Fsp3) is 0.273. The number of hydrogen-bond acceptors (Lipinski definition) is 5. The minimum absolute atomic E-state index is 0.130. The molecule has 1 aliphatic heterocycles. The Hall–Kier alpha value is -3.48. The first-order valence-corrected chi connectivity index (χ1v) is 9.56. The first-order valence-electron chi connectivity index (χ1n) is 9.56. The summed E-state index contributed by atoms with van der Waals surface area (Å²) in [7, 11) is 0. The van der Waals surface area contributed by atoms with E-state index in [1.54, 1.807) is 24.3 Å². The number of hydrazone groups is 1. The van der Waals surface area contributed by atoms with Gasteiger partial charge in [0.05, 0.1) is 23.6 Å². The van der Waals surface area contributed by atoms with Crippen LogP contribution in [0, 0.1) is 23.7 Å². The lowest BCUT2D eigenvalue weighted by molar-refractivity contribution is -0.140. The van der Waals surface area contributed by atoms with Gasteiger partial charge >= 0.3 is 5.97 Å². The highest BCUT2D eigenvalue weighted by atomic mass is 16.4. The molecular weight excluding hydrogens is 372 g/mol. The Bertz CT molecular complexity index is 1030. The van der Waals surface area contributed by atoms with Crippen molar-refractivity contribution in [1.29, 1.82) is 0 Å². The summed E-state index contributed by atoms with van der Waals surface area (Å²) in [5.41, 5.74) is 0.912. The van der Waals surface area contributed by atoms with Gasteiger partial charge in [-0.2, -0.15) is 10.1 Å². The van der Waals surface area contributed by atoms with Gasteiger partial charge in [0.25, 0.3) is 11.8 Å². The Morgan fingerprint density at radius 1 is 1.00 bits per heavy atom. The molecule has 1 N–H and O–H groups in total. The largest absolute Gasteiger partial charge is 0.478 e. The first kappa shape index (κ1) is 17.6. The van der Waals surface area contributed by atoms with Crippen LogP contribution in [-0.4, -0.2) is 34.1 Å². The van der Waals surface area contributed by atoms with Crippen molar-refractivity contribution in [3.8, 4) is 11.3 Å². The van der Waals surface area contributed by atoms with Crippen LogP contribution in [-0.2, 0) is 9.59 Å². The van der Waals surface area contributed by atoms with Crippen LogP contribution in [0.3, 0.4) is 0 Å². The molecule has 6 rings (SSSR count). The number of fused-ring (bicyclic) bond motifs is 1. The number of carboxylic acids is 1. The fourth-order valence-electron chi connectivity index (χ4n) is 4.64. The minimum Gasteiger partial charge on any atom is -0.478 e. The topological polar surface area (TPSA) is 100 Å². The maximum Gasteiger partial charge on any atom is 0.335 e. The van der Waals surface area contributed by atoms with Crippen LogP contribution in [0.5, 0.6) is 0 Å². The van der Waals surface area contributed by atoms with Gasteiger partial charge in [-0.05, 0) is 48.9 Å². The van der Waals surface area contributed by atoms with Gasteiger partial charge in [0.1, 0.15) is 11.5 Å². The van der Waals surface area contributed by atoms with Crippen LogP contribution in [0.15, 0.2) is 58.1 Å². The highest BCUT2D eigenvalue weighted by Gasteiger charge is 2.56.